The van der Waals surface area contributed by atoms with Crippen LogP contribution in [0.2, 0.25) is 0 Å². The number of aromatic nitrogens is 4. The van der Waals surface area contributed by atoms with E-state index in [0.717, 1.165) is 43.5 Å². The zero-order valence-electron chi connectivity index (χ0n) is 15.4. The van der Waals surface area contributed by atoms with Gasteiger partial charge in [0.15, 0.2) is 5.82 Å². The molecule has 0 spiro atoms. The van der Waals surface area contributed by atoms with Crippen LogP contribution in [0.25, 0.3) is 0 Å². The second-order valence-electron chi connectivity index (χ2n) is 6.36. The van der Waals surface area contributed by atoms with E-state index in [2.05, 4.69) is 29.9 Å². The highest BCUT2D eigenvalue weighted by atomic mass is 16.5. The van der Waals surface area contributed by atoms with E-state index in [1.807, 2.05) is 33.8 Å². The van der Waals surface area contributed by atoms with Gasteiger partial charge in [0.05, 0.1) is 6.54 Å². The molecule has 0 radical (unpaired) electrons. The predicted octanol–water partition coefficient (Wildman–Crippen LogP) is 1.90. The minimum absolute atomic E-state index is 0.138. The maximum absolute atomic E-state index is 5.49. The molecule has 136 valence electrons. The number of hydrogen-bond acceptors (Lipinski definition) is 8. The quantitative estimate of drug-likeness (QED) is 0.784. The molecule has 0 bridgehead atoms. The van der Waals surface area contributed by atoms with Crippen LogP contribution in [0.5, 0.6) is 0 Å². The lowest BCUT2D eigenvalue weighted by molar-refractivity contribution is 0.0683. The van der Waals surface area contributed by atoms with Gasteiger partial charge in [-0.25, -0.2) is 9.97 Å². The van der Waals surface area contributed by atoms with E-state index in [1.165, 1.54) is 0 Å². The largest absolute Gasteiger partial charge is 0.371 e. The lowest BCUT2D eigenvalue weighted by Gasteiger charge is -2.34. The van der Waals surface area contributed by atoms with Crippen molar-refractivity contribution in [3.05, 3.63) is 29.2 Å². The smallest absolute Gasteiger partial charge is 0.240 e. The fourth-order valence-corrected chi connectivity index (χ4v) is 2.97. The van der Waals surface area contributed by atoms with E-state index in [9.17, 15) is 0 Å². The summed E-state index contributed by atoms with van der Waals surface area (Å²) in [5, 5.41) is 4.01. The standard InChI is InChI=1S/C17H26N6O2/c1-5-24-14(4)16-20-15(25-21-16)11-22-6-8-23(9-7-22)17-18-12(2)10-13(3)19-17/h10,14H,5-9,11H2,1-4H3. The van der Waals surface area contributed by atoms with Gasteiger partial charge in [0, 0.05) is 44.2 Å². The van der Waals surface area contributed by atoms with E-state index in [1.54, 1.807) is 0 Å². The third kappa shape index (κ3) is 4.52. The second-order valence-corrected chi connectivity index (χ2v) is 6.36. The normalized spacial score (nSPS) is 17.0. The molecule has 0 amide bonds. The lowest BCUT2D eigenvalue weighted by Crippen LogP contribution is -2.46. The van der Waals surface area contributed by atoms with E-state index < -0.39 is 0 Å². The SMILES string of the molecule is CCOC(C)c1noc(CN2CCN(c3nc(C)cc(C)n3)CC2)n1. The Kier molecular flexibility index (Phi) is 5.60. The van der Waals surface area contributed by atoms with Crippen LogP contribution in [0.1, 0.15) is 43.1 Å². The summed E-state index contributed by atoms with van der Waals surface area (Å²) in [5.41, 5.74) is 2.01. The Hall–Kier alpha value is -2.06. The Morgan fingerprint density at radius 2 is 1.80 bits per heavy atom. The predicted molar refractivity (Wildman–Crippen MR) is 93.3 cm³/mol. The molecule has 1 saturated heterocycles. The molecule has 1 aliphatic rings. The average Bonchev–Trinajstić information content (AvgIpc) is 3.03. The number of ether oxygens (including phenoxy) is 1. The summed E-state index contributed by atoms with van der Waals surface area (Å²) in [6.45, 7) is 12.8. The maximum atomic E-state index is 5.49. The molecular formula is C17H26N6O2. The molecule has 2 aromatic heterocycles. The molecule has 25 heavy (non-hydrogen) atoms. The Bertz CT molecular complexity index is 676. The minimum atomic E-state index is -0.138. The summed E-state index contributed by atoms with van der Waals surface area (Å²) >= 11 is 0. The molecule has 0 aliphatic carbocycles. The summed E-state index contributed by atoms with van der Waals surface area (Å²) < 4.78 is 10.9. The van der Waals surface area contributed by atoms with Crippen molar-refractivity contribution < 1.29 is 9.26 Å². The van der Waals surface area contributed by atoms with Crippen molar-refractivity contribution in [2.45, 2.75) is 40.3 Å². The monoisotopic (exact) mass is 346 g/mol. The number of aryl methyl sites for hydroxylation is 2. The van der Waals surface area contributed by atoms with E-state index in [0.29, 0.717) is 24.9 Å². The van der Waals surface area contributed by atoms with Gasteiger partial charge in [0.1, 0.15) is 6.10 Å². The van der Waals surface area contributed by atoms with Crippen molar-refractivity contribution in [3.63, 3.8) is 0 Å². The molecule has 1 fully saturated rings. The van der Waals surface area contributed by atoms with Crippen LogP contribution in [0.4, 0.5) is 5.95 Å². The zero-order valence-corrected chi connectivity index (χ0v) is 15.4. The van der Waals surface area contributed by atoms with E-state index in [-0.39, 0.29) is 6.10 Å². The summed E-state index contributed by atoms with van der Waals surface area (Å²) in [4.78, 5) is 18.1. The lowest BCUT2D eigenvalue weighted by atomic mass is 10.3. The molecule has 8 heteroatoms. The van der Waals surface area contributed by atoms with Crippen LogP contribution >= 0.6 is 0 Å². The molecule has 1 atom stereocenters. The van der Waals surface area contributed by atoms with Gasteiger partial charge in [0.25, 0.3) is 0 Å². The first-order valence-electron chi connectivity index (χ1n) is 8.79. The third-order valence-electron chi connectivity index (χ3n) is 4.25. The van der Waals surface area contributed by atoms with Gasteiger partial charge >= 0.3 is 0 Å². The first-order valence-corrected chi connectivity index (χ1v) is 8.79. The number of nitrogens with zero attached hydrogens (tertiary/aromatic N) is 6. The van der Waals surface area contributed by atoms with E-state index >= 15 is 0 Å². The second kappa shape index (κ2) is 7.88. The summed E-state index contributed by atoms with van der Waals surface area (Å²) in [6, 6.07) is 2.00. The van der Waals surface area contributed by atoms with Crippen LogP contribution in [-0.4, -0.2) is 57.8 Å². The Morgan fingerprint density at radius 3 is 2.44 bits per heavy atom. The summed E-state index contributed by atoms with van der Waals surface area (Å²) in [6.07, 6.45) is -0.138. The maximum Gasteiger partial charge on any atom is 0.240 e. The van der Waals surface area contributed by atoms with Gasteiger partial charge in [-0.2, -0.15) is 4.98 Å². The van der Waals surface area contributed by atoms with Crippen molar-refractivity contribution in [2.24, 2.45) is 0 Å². The van der Waals surface area contributed by atoms with Crippen molar-refractivity contribution in [1.29, 1.82) is 0 Å². The Balaban J connectivity index is 1.54. The van der Waals surface area contributed by atoms with Crippen molar-refractivity contribution in [1.82, 2.24) is 25.0 Å². The van der Waals surface area contributed by atoms with Crippen LogP contribution in [-0.2, 0) is 11.3 Å². The fourth-order valence-electron chi connectivity index (χ4n) is 2.97. The Labute approximate surface area is 148 Å². The zero-order chi connectivity index (χ0) is 17.8. The van der Waals surface area contributed by atoms with Gasteiger partial charge in [-0.1, -0.05) is 5.16 Å². The molecule has 0 N–H and O–H groups in total. The molecule has 0 saturated carbocycles. The number of rotatable bonds is 6. The molecule has 0 aromatic carbocycles. The number of hydrogen-bond donors (Lipinski definition) is 0. The van der Waals surface area contributed by atoms with Crippen LogP contribution in [0.15, 0.2) is 10.6 Å². The minimum Gasteiger partial charge on any atom is -0.371 e. The molecule has 3 rings (SSSR count). The van der Waals surface area contributed by atoms with Crippen molar-refractivity contribution >= 4 is 5.95 Å². The highest BCUT2D eigenvalue weighted by molar-refractivity contribution is 5.32. The molecular weight excluding hydrogens is 320 g/mol. The molecule has 8 nitrogen and oxygen atoms in total. The molecule has 2 aromatic rings. The van der Waals surface area contributed by atoms with Crippen LogP contribution in [0.3, 0.4) is 0 Å². The van der Waals surface area contributed by atoms with Gasteiger partial charge in [-0.15, -0.1) is 0 Å². The first kappa shape index (κ1) is 17.8. The van der Waals surface area contributed by atoms with Crippen LogP contribution in [0, 0.1) is 13.8 Å². The van der Waals surface area contributed by atoms with Crippen LogP contribution < -0.4 is 4.90 Å². The van der Waals surface area contributed by atoms with Gasteiger partial charge in [0.2, 0.25) is 11.8 Å². The van der Waals surface area contributed by atoms with Crippen molar-refractivity contribution in [2.75, 3.05) is 37.7 Å². The van der Waals surface area contributed by atoms with Crippen molar-refractivity contribution in [3.8, 4) is 0 Å². The third-order valence-corrected chi connectivity index (χ3v) is 4.25. The van der Waals surface area contributed by atoms with E-state index in [4.69, 9.17) is 9.26 Å². The molecule has 3 heterocycles. The Morgan fingerprint density at radius 1 is 1.12 bits per heavy atom. The average molecular weight is 346 g/mol. The van der Waals surface area contributed by atoms with Gasteiger partial charge < -0.3 is 14.2 Å². The van der Waals surface area contributed by atoms with Gasteiger partial charge in [-0.3, -0.25) is 4.90 Å². The number of piperazine rings is 1. The summed E-state index contributed by atoms with van der Waals surface area (Å²) in [7, 11) is 0. The highest BCUT2D eigenvalue weighted by Gasteiger charge is 2.22. The highest BCUT2D eigenvalue weighted by Crippen LogP contribution is 2.16. The molecule has 1 aliphatic heterocycles. The summed E-state index contributed by atoms with van der Waals surface area (Å²) in [5.74, 6) is 2.07. The fraction of sp³-hybridized carbons (Fsp3) is 0.647. The number of anilines is 1. The van der Waals surface area contributed by atoms with Gasteiger partial charge in [-0.05, 0) is 33.8 Å². The molecule has 1 unspecified atom stereocenters. The first-order chi connectivity index (χ1) is 12.0. The topological polar surface area (TPSA) is 80.4 Å².